The Morgan fingerprint density at radius 2 is 1.66 bits per heavy atom. The van der Waals surface area contributed by atoms with Crippen LogP contribution in [0.15, 0.2) is 66.7 Å². The number of fused-ring (bicyclic) bond motifs is 3. The third kappa shape index (κ3) is 6.21. The summed E-state index contributed by atoms with van der Waals surface area (Å²) in [7, 11) is 1.71. The van der Waals surface area contributed by atoms with E-state index >= 15 is 0 Å². The summed E-state index contributed by atoms with van der Waals surface area (Å²) in [5, 5.41) is 10.8. The van der Waals surface area contributed by atoms with Crippen molar-refractivity contribution in [2.75, 3.05) is 26.7 Å². The molecule has 1 N–H and O–H groups in total. The van der Waals surface area contributed by atoms with Crippen molar-refractivity contribution in [3.8, 4) is 11.1 Å². The van der Waals surface area contributed by atoms with Gasteiger partial charge in [-0.05, 0) is 47.9 Å². The van der Waals surface area contributed by atoms with Crippen molar-refractivity contribution < 1.29 is 19.4 Å². The van der Waals surface area contributed by atoms with Crippen LogP contribution in [0.5, 0.6) is 0 Å². The molecule has 6 nitrogen and oxygen atoms in total. The van der Waals surface area contributed by atoms with Crippen molar-refractivity contribution in [2.24, 2.45) is 5.92 Å². The molecular formula is C30H32Cl2N2O4. The smallest absolute Gasteiger partial charge is 0.254 e. The molecule has 0 saturated heterocycles. The van der Waals surface area contributed by atoms with Gasteiger partial charge in [0.1, 0.15) is 0 Å². The molecule has 38 heavy (non-hydrogen) atoms. The number of halogens is 2. The molecule has 0 aromatic heterocycles. The van der Waals surface area contributed by atoms with E-state index in [0.29, 0.717) is 34.3 Å². The van der Waals surface area contributed by atoms with Gasteiger partial charge >= 0.3 is 0 Å². The third-order valence-corrected chi connectivity index (χ3v) is 7.44. The Hall–Kier alpha value is -2.90. The average molecular weight is 556 g/mol. The van der Waals surface area contributed by atoms with Gasteiger partial charge in [0, 0.05) is 47.2 Å². The highest BCUT2D eigenvalue weighted by molar-refractivity contribution is 6.35. The van der Waals surface area contributed by atoms with Crippen molar-refractivity contribution in [3.63, 3.8) is 0 Å². The fourth-order valence-electron chi connectivity index (χ4n) is 4.80. The van der Waals surface area contributed by atoms with Gasteiger partial charge in [0.2, 0.25) is 0 Å². The van der Waals surface area contributed by atoms with Crippen molar-refractivity contribution >= 4 is 35.0 Å². The van der Waals surface area contributed by atoms with E-state index in [4.69, 9.17) is 27.9 Å². The number of likely N-dealkylation sites (N-methyl/N-ethyl adjacent to an activating group) is 1. The molecular weight excluding hydrogens is 523 g/mol. The van der Waals surface area contributed by atoms with Crippen molar-refractivity contribution in [1.82, 2.24) is 9.80 Å². The first-order chi connectivity index (χ1) is 18.2. The Bertz CT molecular complexity index is 1290. The van der Waals surface area contributed by atoms with Crippen LogP contribution in [-0.4, -0.2) is 65.6 Å². The van der Waals surface area contributed by atoms with Crippen LogP contribution >= 0.6 is 23.2 Å². The highest BCUT2D eigenvalue weighted by atomic mass is 35.5. The number of carbonyl (C=O) groups is 2. The molecule has 0 unspecified atom stereocenters. The van der Waals surface area contributed by atoms with E-state index in [0.717, 1.165) is 16.7 Å². The molecule has 4 rings (SSSR count). The predicted molar refractivity (Wildman–Crippen MR) is 151 cm³/mol. The zero-order valence-electron chi connectivity index (χ0n) is 21.7. The van der Waals surface area contributed by atoms with E-state index in [-0.39, 0.29) is 30.9 Å². The van der Waals surface area contributed by atoms with Crippen molar-refractivity contribution in [3.05, 3.63) is 93.5 Å². The number of hydrogen-bond donors (Lipinski definition) is 1. The third-order valence-electron chi connectivity index (χ3n) is 7.00. The Morgan fingerprint density at radius 1 is 1.05 bits per heavy atom. The first kappa shape index (κ1) is 28.1. The van der Waals surface area contributed by atoms with Gasteiger partial charge in [-0.1, -0.05) is 72.6 Å². The fourth-order valence-corrected chi connectivity index (χ4v) is 5.33. The number of amides is 2. The van der Waals surface area contributed by atoms with Gasteiger partial charge in [-0.2, -0.15) is 0 Å². The van der Waals surface area contributed by atoms with Crippen LogP contribution in [0.3, 0.4) is 0 Å². The molecule has 3 aromatic carbocycles. The van der Waals surface area contributed by atoms with E-state index in [1.807, 2.05) is 62.4 Å². The second-order valence-corrected chi connectivity index (χ2v) is 10.7. The first-order valence-electron chi connectivity index (χ1n) is 12.6. The normalized spacial score (nSPS) is 18.7. The Balaban J connectivity index is 1.70. The maximum Gasteiger partial charge on any atom is 0.254 e. The number of benzene rings is 3. The number of aliphatic hydroxyl groups excluding tert-OH is 1. The summed E-state index contributed by atoms with van der Waals surface area (Å²) in [6.45, 7) is 4.61. The second-order valence-electron chi connectivity index (χ2n) is 9.86. The predicted octanol–water partition coefficient (Wildman–Crippen LogP) is 5.79. The molecule has 0 saturated carbocycles. The molecule has 1 aliphatic rings. The first-order valence-corrected chi connectivity index (χ1v) is 13.4. The minimum absolute atomic E-state index is 0.149. The topological polar surface area (TPSA) is 70.1 Å². The van der Waals surface area contributed by atoms with Gasteiger partial charge in [-0.15, -0.1) is 0 Å². The van der Waals surface area contributed by atoms with Gasteiger partial charge in [-0.3, -0.25) is 9.59 Å². The lowest BCUT2D eigenvalue weighted by Gasteiger charge is -2.35. The quantitative estimate of drug-likeness (QED) is 0.433. The van der Waals surface area contributed by atoms with E-state index < -0.39 is 12.1 Å². The van der Waals surface area contributed by atoms with Crippen molar-refractivity contribution in [2.45, 2.75) is 32.6 Å². The summed E-state index contributed by atoms with van der Waals surface area (Å²) >= 11 is 12.2. The van der Waals surface area contributed by atoms with Crippen LogP contribution < -0.4 is 0 Å². The SMILES string of the molecule is C[C@@H]1CN([C@H](C)CO)C(=O)c2ccccc2-c2ccccc2CO[C@H]1CN(C)C(=O)c1cc(Cl)cc(Cl)c1. The molecule has 200 valence electrons. The number of carbonyl (C=O) groups excluding carboxylic acids is 2. The highest BCUT2D eigenvalue weighted by Crippen LogP contribution is 2.31. The van der Waals surface area contributed by atoms with E-state index in [2.05, 4.69) is 0 Å². The molecule has 3 atom stereocenters. The van der Waals surface area contributed by atoms with Gasteiger partial charge in [0.25, 0.3) is 11.8 Å². The fraction of sp³-hybridized carbons (Fsp3) is 0.333. The number of rotatable bonds is 5. The molecule has 2 amide bonds. The molecule has 3 aromatic rings. The van der Waals surface area contributed by atoms with Crippen LogP contribution in [0.4, 0.5) is 0 Å². The largest absolute Gasteiger partial charge is 0.394 e. The lowest BCUT2D eigenvalue weighted by atomic mass is 9.94. The lowest BCUT2D eigenvalue weighted by Crippen LogP contribution is -2.47. The number of ether oxygens (including phenoxy) is 1. The molecule has 1 aliphatic heterocycles. The standard InChI is InChI=1S/C30H32Cl2N2O4/c1-19-15-34(20(2)17-35)30(37)27-11-7-6-10-26(27)25-9-5-4-8-21(25)18-38-28(19)16-33(3)29(36)22-12-23(31)14-24(32)13-22/h4-14,19-20,28,35H,15-18H2,1-3H3/t19-,20-,28+/m1/s1. The zero-order valence-corrected chi connectivity index (χ0v) is 23.2. The molecule has 0 radical (unpaired) electrons. The van der Waals surface area contributed by atoms with Crippen LogP contribution in [0.1, 0.15) is 40.1 Å². The summed E-state index contributed by atoms with van der Waals surface area (Å²) in [5.41, 5.74) is 3.66. The van der Waals surface area contributed by atoms with Crippen LogP contribution in [0.2, 0.25) is 10.0 Å². The molecule has 1 heterocycles. The second kappa shape index (κ2) is 12.3. The maximum absolute atomic E-state index is 13.9. The number of aliphatic hydroxyl groups is 1. The maximum atomic E-state index is 13.9. The molecule has 0 bridgehead atoms. The van der Waals surface area contributed by atoms with E-state index in [1.54, 1.807) is 35.0 Å². The highest BCUT2D eigenvalue weighted by Gasteiger charge is 2.31. The zero-order chi connectivity index (χ0) is 27.4. The molecule has 0 aliphatic carbocycles. The molecule has 0 spiro atoms. The van der Waals surface area contributed by atoms with Gasteiger partial charge in [-0.25, -0.2) is 0 Å². The average Bonchev–Trinajstić information content (AvgIpc) is 2.93. The van der Waals surface area contributed by atoms with Crippen LogP contribution in [0, 0.1) is 5.92 Å². The Kier molecular flexibility index (Phi) is 9.11. The van der Waals surface area contributed by atoms with Gasteiger partial charge in [0.15, 0.2) is 0 Å². The lowest BCUT2D eigenvalue weighted by molar-refractivity contribution is -0.0209. The molecule has 8 heteroatoms. The monoisotopic (exact) mass is 554 g/mol. The van der Waals surface area contributed by atoms with Crippen LogP contribution in [0.25, 0.3) is 11.1 Å². The number of hydrogen-bond acceptors (Lipinski definition) is 4. The van der Waals surface area contributed by atoms with E-state index in [9.17, 15) is 14.7 Å². The minimum Gasteiger partial charge on any atom is -0.394 e. The summed E-state index contributed by atoms with van der Waals surface area (Å²) in [4.78, 5) is 30.4. The minimum atomic E-state index is -0.400. The number of nitrogens with zero attached hydrogens (tertiary/aromatic N) is 2. The summed E-state index contributed by atoms with van der Waals surface area (Å²) in [5.74, 6) is -0.532. The summed E-state index contributed by atoms with van der Waals surface area (Å²) < 4.78 is 6.48. The Morgan fingerprint density at radius 3 is 2.32 bits per heavy atom. The summed E-state index contributed by atoms with van der Waals surface area (Å²) in [6, 6.07) is 19.8. The van der Waals surface area contributed by atoms with Gasteiger partial charge in [0.05, 0.1) is 25.4 Å². The Labute approximate surface area is 233 Å². The summed E-state index contributed by atoms with van der Waals surface area (Å²) in [6.07, 6.45) is -0.394. The van der Waals surface area contributed by atoms with E-state index in [1.165, 1.54) is 0 Å². The van der Waals surface area contributed by atoms with Gasteiger partial charge < -0.3 is 19.6 Å². The van der Waals surface area contributed by atoms with Crippen LogP contribution in [-0.2, 0) is 11.3 Å². The van der Waals surface area contributed by atoms with Crippen molar-refractivity contribution in [1.29, 1.82) is 0 Å². The molecule has 0 fully saturated rings.